The Bertz CT molecular complexity index is 913. The van der Waals surface area contributed by atoms with Crippen LogP contribution in [-0.2, 0) is 23.5 Å². The molecule has 2 aromatic heterocycles. The fourth-order valence-electron chi connectivity index (χ4n) is 2.95. The Labute approximate surface area is 158 Å². The Balaban J connectivity index is 1.61. The molecular formula is C16H24N6O4S. The van der Waals surface area contributed by atoms with E-state index in [9.17, 15) is 13.2 Å². The zero-order valence-electron chi connectivity index (χ0n) is 15.9. The van der Waals surface area contributed by atoms with Crippen molar-refractivity contribution in [2.24, 2.45) is 7.05 Å². The Kier molecular flexibility index (Phi) is 5.33. The van der Waals surface area contributed by atoms with Gasteiger partial charge in [-0.15, -0.1) is 0 Å². The molecule has 0 unspecified atom stereocenters. The number of aromatic nitrogens is 4. The molecule has 3 rings (SSSR count). The van der Waals surface area contributed by atoms with Gasteiger partial charge in [-0.25, -0.2) is 13.4 Å². The molecule has 0 aromatic carbocycles. The second-order valence-electron chi connectivity index (χ2n) is 7.05. The smallest absolute Gasteiger partial charge is 0.289 e. The van der Waals surface area contributed by atoms with E-state index in [0.29, 0.717) is 37.0 Å². The van der Waals surface area contributed by atoms with Crippen LogP contribution in [0.1, 0.15) is 42.1 Å². The number of aryl methyl sites for hydroxylation is 1. The molecule has 1 aliphatic rings. The van der Waals surface area contributed by atoms with E-state index in [1.807, 2.05) is 13.8 Å². The van der Waals surface area contributed by atoms with E-state index in [4.69, 9.17) is 4.52 Å². The van der Waals surface area contributed by atoms with Crippen LogP contribution in [0.3, 0.4) is 0 Å². The fourth-order valence-corrected chi connectivity index (χ4v) is 4.05. The van der Waals surface area contributed by atoms with Crippen LogP contribution in [0.25, 0.3) is 0 Å². The van der Waals surface area contributed by atoms with Crippen LogP contribution in [-0.4, -0.2) is 75.2 Å². The maximum Gasteiger partial charge on any atom is 0.289 e. The van der Waals surface area contributed by atoms with Gasteiger partial charge in [-0.1, -0.05) is 19.0 Å². The maximum atomic E-state index is 12.4. The van der Waals surface area contributed by atoms with Crippen LogP contribution in [0.2, 0.25) is 0 Å². The molecule has 1 saturated heterocycles. The van der Waals surface area contributed by atoms with Gasteiger partial charge in [-0.05, 0) is 0 Å². The van der Waals surface area contributed by atoms with Crippen molar-refractivity contribution in [2.45, 2.75) is 32.2 Å². The maximum absolute atomic E-state index is 12.4. The number of hydrogen-bond acceptors (Lipinski definition) is 7. The molecule has 11 heteroatoms. The molecule has 0 radical (unpaired) electrons. The standard InChI is InChI=1S/C16H24N6O4S/c1-11(2)15-18-13(19-26-15)5-7-22(27(4,24)25)12-9-21(10-12)16(23)14-17-6-8-20(14)3/h6,8,11-12H,5,7,9-10H2,1-4H3. The minimum absolute atomic E-state index is 0.120. The van der Waals surface area contributed by atoms with E-state index in [1.54, 1.807) is 28.9 Å². The van der Waals surface area contributed by atoms with Gasteiger partial charge in [0, 0.05) is 51.4 Å². The number of amides is 1. The highest BCUT2D eigenvalue weighted by molar-refractivity contribution is 7.88. The predicted octanol–water partition coefficient (Wildman–Crippen LogP) is 0.255. The largest absolute Gasteiger partial charge is 0.339 e. The Morgan fingerprint density at radius 1 is 1.41 bits per heavy atom. The molecule has 0 bridgehead atoms. The monoisotopic (exact) mass is 396 g/mol. The molecule has 1 fully saturated rings. The summed E-state index contributed by atoms with van der Waals surface area (Å²) < 4.78 is 32.6. The SMILES string of the molecule is CC(C)c1nc(CCN(C2CN(C(=O)c3nccn3C)C2)S(C)(=O)=O)no1. The second-order valence-corrected chi connectivity index (χ2v) is 8.99. The van der Waals surface area contributed by atoms with Gasteiger partial charge >= 0.3 is 0 Å². The van der Waals surface area contributed by atoms with Gasteiger partial charge in [-0.2, -0.15) is 9.29 Å². The highest BCUT2D eigenvalue weighted by Gasteiger charge is 2.39. The van der Waals surface area contributed by atoms with Crippen molar-refractivity contribution in [1.29, 1.82) is 0 Å². The molecule has 2 aromatic rings. The lowest BCUT2D eigenvalue weighted by molar-refractivity contribution is 0.0438. The summed E-state index contributed by atoms with van der Waals surface area (Å²) in [6, 6.07) is -0.263. The zero-order chi connectivity index (χ0) is 19.8. The van der Waals surface area contributed by atoms with Crippen LogP contribution in [0.15, 0.2) is 16.9 Å². The molecule has 27 heavy (non-hydrogen) atoms. The molecule has 148 valence electrons. The number of hydrogen-bond donors (Lipinski definition) is 0. The molecule has 0 atom stereocenters. The summed E-state index contributed by atoms with van der Waals surface area (Å²) in [7, 11) is -1.68. The number of nitrogens with zero attached hydrogens (tertiary/aromatic N) is 6. The minimum Gasteiger partial charge on any atom is -0.339 e. The summed E-state index contributed by atoms with van der Waals surface area (Å²) in [4.78, 5) is 22.3. The van der Waals surface area contributed by atoms with Crippen LogP contribution in [0.4, 0.5) is 0 Å². The number of sulfonamides is 1. The normalized spacial score (nSPS) is 15.6. The van der Waals surface area contributed by atoms with E-state index in [2.05, 4.69) is 15.1 Å². The summed E-state index contributed by atoms with van der Waals surface area (Å²) >= 11 is 0. The summed E-state index contributed by atoms with van der Waals surface area (Å²) in [5.74, 6) is 1.27. The van der Waals surface area contributed by atoms with E-state index < -0.39 is 10.0 Å². The highest BCUT2D eigenvalue weighted by Crippen LogP contribution is 2.20. The third kappa shape index (κ3) is 4.19. The van der Waals surface area contributed by atoms with Crippen molar-refractivity contribution in [3.05, 3.63) is 29.9 Å². The number of likely N-dealkylation sites (tertiary alicyclic amines) is 1. The Morgan fingerprint density at radius 3 is 2.63 bits per heavy atom. The third-order valence-electron chi connectivity index (χ3n) is 4.53. The van der Waals surface area contributed by atoms with Gasteiger partial charge in [0.1, 0.15) is 0 Å². The topological polar surface area (TPSA) is 114 Å². The summed E-state index contributed by atoms with van der Waals surface area (Å²) in [5.41, 5.74) is 0. The van der Waals surface area contributed by atoms with Crippen LogP contribution in [0, 0.1) is 0 Å². The van der Waals surface area contributed by atoms with Gasteiger partial charge in [-0.3, -0.25) is 4.79 Å². The lowest BCUT2D eigenvalue weighted by Crippen LogP contribution is -2.62. The summed E-state index contributed by atoms with van der Waals surface area (Å²) in [6.45, 7) is 4.80. The van der Waals surface area contributed by atoms with Crippen LogP contribution >= 0.6 is 0 Å². The number of imidazole rings is 1. The first-order valence-electron chi connectivity index (χ1n) is 8.72. The van der Waals surface area contributed by atoms with Crippen molar-refractivity contribution < 1.29 is 17.7 Å². The molecule has 10 nitrogen and oxygen atoms in total. The lowest BCUT2D eigenvalue weighted by Gasteiger charge is -2.43. The molecule has 0 saturated carbocycles. The molecule has 1 aliphatic heterocycles. The van der Waals surface area contributed by atoms with Crippen molar-refractivity contribution >= 4 is 15.9 Å². The molecule has 3 heterocycles. The molecule has 0 spiro atoms. The zero-order valence-corrected chi connectivity index (χ0v) is 16.7. The van der Waals surface area contributed by atoms with Gasteiger partial charge in [0.05, 0.1) is 12.3 Å². The van der Waals surface area contributed by atoms with Gasteiger partial charge in [0.15, 0.2) is 11.6 Å². The number of carbonyl (C=O) groups is 1. The van der Waals surface area contributed by atoms with E-state index in [0.717, 1.165) is 0 Å². The van der Waals surface area contributed by atoms with Gasteiger partial charge < -0.3 is 14.0 Å². The first kappa shape index (κ1) is 19.5. The first-order valence-corrected chi connectivity index (χ1v) is 10.6. The average molecular weight is 396 g/mol. The van der Waals surface area contributed by atoms with Gasteiger partial charge in [0.2, 0.25) is 15.9 Å². The summed E-state index contributed by atoms with van der Waals surface area (Å²) in [5, 5.41) is 3.90. The minimum atomic E-state index is -3.43. The molecular weight excluding hydrogens is 372 g/mol. The van der Waals surface area contributed by atoms with E-state index in [-0.39, 0.29) is 24.4 Å². The highest BCUT2D eigenvalue weighted by atomic mass is 32.2. The van der Waals surface area contributed by atoms with Crippen molar-refractivity contribution in [1.82, 2.24) is 28.9 Å². The van der Waals surface area contributed by atoms with Crippen LogP contribution < -0.4 is 0 Å². The van der Waals surface area contributed by atoms with Crippen LogP contribution in [0.5, 0.6) is 0 Å². The number of carbonyl (C=O) groups excluding carboxylic acids is 1. The predicted molar refractivity (Wildman–Crippen MR) is 96.5 cm³/mol. The molecule has 0 N–H and O–H groups in total. The Morgan fingerprint density at radius 2 is 2.11 bits per heavy atom. The molecule has 0 aliphatic carbocycles. The van der Waals surface area contributed by atoms with Crippen molar-refractivity contribution in [2.75, 3.05) is 25.9 Å². The first-order chi connectivity index (χ1) is 12.7. The van der Waals surface area contributed by atoms with Crippen molar-refractivity contribution in [3.8, 4) is 0 Å². The molecule has 1 amide bonds. The Hall–Kier alpha value is -2.27. The quantitative estimate of drug-likeness (QED) is 0.659. The lowest BCUT2D eigenvalue weighted by atomic mass is 10.1. The third-order valence-corrected chi connectivity index (χ3v) is 5.86. The summed E-state index contributed by atoms with van der Waals surface area (Å²) in [6.07, 6.45) is 4.78. The second kappa shape index (κ2) is 7.39. The van der Waals surface area contributed by atoms with E-state index >= 15 is 0 Å². The number of rotatable bonds is 7. The van der Waals surface area contributed by atoms with E-state index in [1.165, 1.54) is 10.6 Å². The van der Waals surface area contributed by atoms with Gasteiger partial charge in [0.25, 0.3) is 5.91 Å². The fraction of sp³-hybridized carbons (Fsp3) is 0.625. The van der Waals surface area contributed by atoms with Crippen molar-refractivity contribution in [3.63, 3.8) is 0 Å². The average Bonchev–Trinajstić information content (AvgIpc) is 3.16.